The number of amides is 1. The van der Waals surface area contributed by atoms with E-state index < -0.39 is 16.1 Å². The number of hydrogen-bond acceptors (Lipinski definition) is 7. The maximum Gasteiger partial charge on any atom is 0.243 e. The molecule has 1 amide bonds. The highest BCUT2D eigenvalue weighted by Gasteiger charge is 2.39. The lowest BCUT2D eigenvalue weighted by Crippen LogP contribution is -2.57. The van der Waals surface area contributed by atoms with E-state index in [-0.39, 0.29) is 30.3 Å². The number of piperazine rings is 1. The Balaban J connectivity index is 1.25. The number of aliphatic imine (C=N–C) groups is 1. The Bertz CT molecular complexity index is 1370. The molecule has 0 spiro atoms. The van der Waals surface area contributed by atoms with Gasteiger partial charge in [-0.15, -0.1) is 5.10 Å². The van der Waals surface area contributed by atoms with Gasteiger partial charge in [0.1, 0.15) is 11.9 Å². The Hall–Kier alpha value is -3.57. The van der Waals surface area contributed by atoms with Crippen molar-refractivity contribution in [1.29, 1.82) is 0 Å². The zero-order chi connectivity index (χ0) is 25.1. The van der Waals surface area contributed by atoms with E-state index in [0.29, 0.717) is 12.2 Å². The summed E-state index contributed by atoms with van der Waals surface area (Å²) in [6, 6.07) is 14.1. The van der Waals surface area contributed by atoms with Crippen molar-refractivity contribution < 1.29 is 13.2 Å². The summed E-state index contributed by atoms with van der Waals surface area (Å²) in [5.41, 5.74) is 3.78. The van der Waals surface area contributed by atoms with E-state index in [1.807, 2.05) is 6.92 Å². The maximum atomic E-state index is 13.3. The standard InChI is InChI=1S/C25H29N7O3S/c1-18-2-8-22(9-3-18)36(34,35)32-15-13-28-25(33)23(32)16-21-17-31(30-29-21)14-10-19-4-6-20(7-5-19)24-26-11-12-27-24/h2-9,17,23H,10-16H2,1H3,(H,26,27)(H,28,33)/t23-/m1/s1. The van der Waals surface area contributed by atoms with Crippen molar-refractivity contribution in [3.63, 3.8) is 0 Å². The van der Waals surface area contributed by atoms with Crippen LogP contribution < -0.4 is 10.6 Å². The third kappa shape index (κ3) is 5.17. The van der Waals surface area contributed by atoms with Gasteiger partial charge in [0.25, 0.3) is 0 Å². The molecule has 3 aromatic rings. The van der Waals surface area contributed by atoms with Gasteiger partial charge in [-0.25, -0.2) is 8.42 Å². The van der Waals surface area contributed by atoms with Gasteiger partial charge in [0, 0.05) is 44.4 Å². The van der Waals surface area contributed by atoms with Crippen LogP contribution in [-0.4, -0.2) is 71.7 Å². The van der Waals surface area contributed by atoms with Gasteiger partial charge < -0.3 is 10.6 Å². The summed E-state index contributed by atoms with van der Waals surface area (Å²) in [4.78, 5) is 17.3. The van der Waals surface area contributed by atoms with Gasteiger partial charge in [-0.3, -0.25) is 14.5 Å². The number of amidine groups is 1. The molecule has 0 bridgehead atoms. The fourth-order valence-corrected chi connectivity index (χ4v) is 6.01. The molecule has 11 heteroatoms. The summed E-state index contributed by atoms with van der Waals surface area (Å²) in [7, 11) is -3.83. The number of nitrogens with one attached hydrogen (secondary N) is 2. The molecule has 2 aliphatic heterocycles. The highest BCUT2D eigenvalue weighted by molar-refractivity contribution is 7.89. The Morgan fingerprint density at radius 3 is 2.53 bits per heavy atom. The second-order valence-electron chi connectivity index (χ2n) is 9.02. The summed E-state index contributed by atoms with van der Waals surface area (Å²) in [5.74, 6) is 0.612. The lowest BCUT2D eigenvalue weighted by atomic mass is 10.1. The smallest absolute Gasteiger partial charge is 0.243 e. The van der Waals surface area contributed by atoms with Crippen LogP contribution in [0, 0.1) is 6.92 Å². The molecule has 1 fully saturated rings. The van der Waals surface area contributed by atoms with Crippen molar-refractivity contribution in [3.8, 4) is 0 Å². The molecule has 2 aromatic carbocycles. The van der Waals surface area contributed by atoms with Gasteiger partial charge >= 0.3 is 0 Å². The molecule has 3 heterocycles. The van der Waals surface area contributed by atoms with E-state index in [9.17, 15) is 13.2 Å². The van der Waals surface area contributed by atoms with Crippen molar-refractivity contribution in [2.24, 2.45) is 4.99 Å². The molecule has 36 heavy (non-hydrogen) atoms. The van der Waals surface area contributed by atoms with E-state index in [4.69, 9.17) is 0 Å². The van der Waals surface area contributed by atoms with E-state index in [1.165, 1.54) is 4.31 Å². The molecule has 0 unspecified atom stereocenters. The lowest BCUT2D eigenvalue weighted by Gasteiger charge is -2.33. The third-order valence-electron chi connectivity index (χ3n) is 6.43. The van der Waals surface area contributed by atoms with Crippen LogP contribution in [0.2, 0.25) is 0 Å². The molecular weight excluding hydrogens is 478 g/mol. The van der Waals surface area contributed by atoms with Crippen LogP contribution in [0.1, 0.15) is 22.4 Å². The Morgan fingerprint density at radius 1 is 1.03 bits per heavy atom. The largest absolute Gasteiger partial charge is 0.368 e. The second-order valence-corrected chi connectivity index (χ2v) is 10.9. The highest BCUT2D eigenvalue weighted by Crippen LogP contribution is 2.22. The van der Waals surface area contributed by atoms with Crippen LogP contribution in [0.15, 0.2) is 64.6 Å². The first kappa shape index (κ1) is 24.1. The van der Waals surface area contributed by atoms with Crippen LogP contribution in [0.5, 0.6) is 0 Å². The number of rotatable bonds is 8. The van der Waals surface area contributed by atoms with Crippen LogP contribution in [0.4, 0.5) is 0 Å². The molecule has 5 rings (SSSR count). The zero-order valence-corrected chi connectivity index (χ0v) is 20.9. The first-order valence-corrected chi connectivity index (χ1v) is 13.5. The first-order valence-electron chi connectivity index (χ1n) is 12.0. The monoisotopic (exact) mass is 507 g/mol. The minimum atomic E-state index is -3.83. The van der Waals surface area contributed by atoms with Crippen LogP contribution in [-0.2, 0) is 34.2 Å². The van der Waals surface area contributed by atoms with Gasteiger partial charge in [-0.2, -0.15) is 4.31 Å². The Morgan fingerprint density at radius 2 is 1.81 bits per heavy atom. The average molecular weight is 508 g/mol. The fraction of sp³-hybridized carbons (Fsp3) is 0.360. The van der Waals surface area contributed by atoms with Crippen molar-refractivity contribution >= 4 is 21.8 Å². The molecule has 2 aliphatic rings. The van der Waals surface area contributed by atoms with E-state index in [2.05, 4.69) is 50.2 Å². The third-order valence-corrected chi connectivity index (χ3v) is 8.35. The summed E-state index contributed by atoms with van der Waals surface area (Å²) < 4.78 is 29.6. The van der Waals surface area contributed by atoms with Gasteiger partial charge in [-0.05, 0) is 31.0 Å². The molecule has 0 saturated carbocycles. The zero-order valence-electron chi connectivity index (χ0n) is 20.1. The minimum Gasteiger partial charge on any atom is -0.368 e. The van der Waals surface area contributed by atoms with Crippen LogP contribution >= 0.6 is 0 Å². The molecule has 1 aromatic heterocycles. The van der Waals surface area contributed by atoms with Crippen molar-refractivity contribution in [3.05, 3.63) is 77.1 Å². The number of sulfonamides is 1. The molecule has 10 nitrogen and oxygen atoms in total. The van der Waals surface area contributed by atoms with Gasteiger partial charge in [0.05, 0.1) is 17.1 Å². The van der Waals surface area contributed by atoms with Gasteiger partial charge in [0.15, 0.2) is 0 Å². The molecule has 0 aliphatic carbocycles. The van der Waals surface area contributed by atoms with Gasteiger partial charge in [0.2, 0.25) is 15.9 Å². The average Bonchev–Trinajstić information content (AvgIpc) is 3.57. The number of benzene rings is 2. The molecule has 0 radical (unpaired) electrons. The van der Waals surface area contributed by atoms with Gasteiger partial charge in [-0.1, -0.05) is 47.2 Å². The topological polar surface area (TPSA) is 122 Å². The second kappa shape index (κ2) is 10.2. The molecule has 188 valence electrons. The summed E-state index contributed by atoms with van der Waals surface area (Å²) in [6.45, 7) is 4.69. The summed E-state index contributed by atoms with van der Waals surface area (Å²) in [5, 5.41) is 14.5. The van der Waals surface area contributed by atoms with E-state index >= 15 is 0 Å². The molecule has 2 N–H and O–H groups in total. The predicted molar refractivity (Wildman–Crippen MR) is 135 cm³/mol. The first-order chi connectivity index (χ1) is 17.4. The van der Waals surface area contributed by atoms with E-state index in [0.717, 1.165) is 42.0 Å². The van der Waals surface area contributed by atoms with E-state index in [1.54, 1.807) is 35.1 Å². The SMILES string of the molecule is Cc1ccc(S(=O)(=O)N2CCNC(=O)[C@H]2Cc2cn(CCc3ccc(C4=NCCN4)cc3)nn2)cc1. The molecular formula is C25H29N7O3S. The number of hydrogen-bond donors (Lipinski definition) is 2. The number of nitrogens with zero attached hydrogens (tertiary/aromatic N) is 5. The van der Waals surface area contributed by atoms with Crippen molar-refractivity contribution in [2.45, 2.75) is 37.2 Å². The number of aromatic nitrogens is 3. The quantitative estimate of drug-likeness (QED) is 0.468. The molecule has 1 saturated heterocycles. The number of carbonyl (C=O) groups is 1. The fourth-order valence-electron chi connectivity index (χ4n) is 4.43. The minimum absolute atomic E-state index is 0.154. The van der Waals surface area contributed by atoms with Crippen LogP contribution in [0.25, 0.3) is 0 Å². The van der Waals surface area contributed by atoms with Crippen molar-refractivity contribution in [1.82, 2.24) is 29.9 Å². The normalized spacial score (nSPS) is 18.5. The highest BCUT2D eigenvalue weighted by atomic mass is 32.2. The maximum absolute atomic E-state index is 13.3. The lowest BCUT2D eigenvalue weighted by molar-refractivity contribution is -0.126. The Labute approximate surface area is 210 Å². The number of carbonyl (C=O) groups excluding carboxylic acids is 1. The van der Waals surface area contributed by atoms with Crippen LogP contribution in [0.3, 0.4) is 0 Å². The summed E-state index contributed by atoms with van der Waals surface area (Å²) >= 11 is 0. The Kier molecular flexibility index (Phi) is 6.84. The predicted octanol–water partition coefficient (Wildman–Crippen LogP) is 0.911. The van der Waals surface area contributed by atoms with Crippen molar-refractivity contribution in [2.75, 3.05) is 26.2 Å². The number of aryl methyl sites for hydroxylation is 3. The summed E-state index contributed by atoms with van der Waals surface area (Å²) in [6.07, 6.45) is 2.70. The molecule has 1 atom stereocenters.